The van der Waals surface area contributed by atoms with Crippen molar-refractivity contribution in [2.75, 3.05) is 17.2 Å². The maximum atomic E-state index is 11.8. The topological polar surface area (TPSA) is 113 Å². The van der Waals surface area contributed by atoms with Crippen LogP contribution >= 0.6 is 11.3 Å². The summed E-state index contributed by atoms with van der Waals surface area (Å²) in [6, 6.07) is 2.68. The Morgan fingerprint density at radius 2 is 2.28 bits per heavy atom. The SMILES string of the molecule is CCNc1nnc(C(=O)Nc2ccc(=O)[nH]n2)s1. The largest absolute Gasteiger partial charge is 0.360 e. The maximum Gasteiger partial charge on any atom is 0.287 e. The fraction of sp³-hybridized carbons (Fsp3) is 0.222. The molecule has 0 radical (unpaired) electrons. The predicted octanol–water partition coefficient (Wildman–Crippen LogP) is 0.305. The van der Waals surface area contributed by atoms with Gasteiger partial charge in [0.2, 0.25) is 10.1 Å². The van der Waals surface area contributed by atoms with Gasteiger partial charge in [-0.3, -0.25) is 9.59 Å². The Hall–Kier alpha value is -2.29. The van der Waals surface area contributed by atoms with Crippen LogP contribution in [0.15, 0.2) is 16.9 Å². The van der Waals surface area contributed by atoms with Crippen LogP contribution in [-0.2, 0) is 0 Å². The molecule has 0 saturated carbocycles. The number of hydrogen-bond donors (Lipinski definition) is 3. The second-order valence-corrected chi connectivity index (χ2v) is 4.18. The maximum absolute atomic E-state index is 11.8. The van der Waals surface area contributed by atoms with Gasteiger partial charge in [-0.1, -0.05) is 11.3 Å². The van der Waals surface area contributed by atoms with E-state index in [9.17, 15) is 9.59 Å². The van der Waals surface area contributed by atoms with Crippen molar-refractivity contribution >= 4 is 28.2 Å². The minimum Gasteiger partial charge on any atom is -0.360 e. The van der Waals surface area contributed by atoms with Crippen LogP contribution in [-0.4, -0.2) is 32.8 Å². The van der Waals surface area contributed by atoms with Gasteiger partial charge in [0.1, 0.15) is 0 Å². The molecule has 0 fully saturated rings. The summed E-state index contributed by atoms with van der Waals surface area (Å²) >= 11 is 1.14. The molecule has 0 bridgehead atoms. The highest BCUT2D eigenvalue weighted by molar-refractivity contribution is 7.17. The number of nitrogens with one attached hydrogen (secondary N) is 3. The highest BCUT2D eigenvalue weighted by atomic mass is 32.1. The van der Waals surface area contributed by atoms with Crippen LogP contribution in [0.5, 0.6) is 0 Å². The number of aromatic amines is 1. The van der Waals surface area contributed by atoms with E-state index in [0.29, 0.717) is 11.7 Å². The number of amides is 1. The Labute approximate surface area is 105 Å². The van der Waals surface area contributed by atoms with Crippen molar-refractivity contribution in [3.8, 4) is 0 Å². The standard InChI is InChI=1S/C9H10N6O2S/c1-2-10-9-15-14-8(18-9)7(17)11-5-3-4-6(16)13-12-5/h3-4H,2H2,1H3,(H,10,15)(H,13,16)(H,11,12,17). The summed E-state index contributed by atoms with van der Waals surface area (Å²) in [7, 11) is 0. The lowest BCUT2D eigenvalue weighted by molar-refractivity contribution is 0.102. The van der Waals surface area contributed by atoms with E-state index in [1.54, 1.807) is 0 Å². The first kappa shape index (κ1) is 12.2. The van der Waals surface area contributed by atoms with Gasteiger partial charge in [0, 0.05) is 12.6 Å². The molecule has 0 spiro atoms. The second-order valence-electron chi connectivity index (χ2n) is 3.20. The summed E-state index contributed by atoms with van der Waals surface area (Å²) in [4.78, 5) is 22.5. The number of rotatable bonds is 4. The van der Waals surface area contributed by atoms with Gasteiger partial charge in [-0.2, -0.15) is 5.10 Å². The van der Waals surface area contributed by atoms with Crippen LogP contribution in [0.25, 0.3) is 0 Å². The molecule has 94 valence electrons. The summed E-state index contributed by atoms with van der Waals surface area (Å²) in [5.41, 5.74) is -0.335. The molecule has 3 N–H and O–H groups in total. The van der Waals surface area contributed by atoms with E-state index in [-0.39, 0.29) is 16.4 Å². The lowest BCUT2D eigenvalue weighted by Crippen LogP contribution is -2.15. The third kappa shape index (κ3) is 2.88. The number of aromatic nitrogens is 4. The molecule has 2 rings (SSSR count). The van der Waals surface area contributed by atoms with Crippen LogP contribution in [0.2, 0.25) is 0 Å². The van der Waals surface area contributed by atoms with Crippen LogP contribution < -0.4 is 16.2 Å². The van der Waals surface area contributed by atoms with Gasteiger partial charge in [-0.15, -0.1) is 10.2 Å². The number of anilines is 2. The quantitative estimate of drug-likeness (QED) is 0.734. The number of hydrogen-bond acceptors (Lipinski definition) is 7. The highest BCUT2D eigenvalue weighted by Gasteiger charge is 2.13. The fourth-order valence-corrected chi connectivity index (χ4v) is 1.83. The number of carbonyl (C=O) groups excluding carboxylic acids is 1. The van der Waals surface area contributed by atoms with Crippen LogP contribution in [0.3, 0.4) is 0 Å². The first-order valence-electron chi connectivity index (χ1n) is 5.13. The third-order valence-electron chi connectivity index (χ3n) is 1.87. The lowest BCUT2D eigenvalue weighted by atomic mass is 10.5. The van der Waals surface area contributed by atoms with Crippen molar-refractivity contribution in [2.24, 2.45) is 0 Å². The minimum atomic E-state index is -0.420. The molecule has 0 aliphatic heterocycles. The van der Waals surface area contributed by atoms with E-state index in [2.05, 4.69) is 31.0 Å². The van der Waals surface area contributed by atoms with E-state index in [1.807, 2.05) is 6.92 Å². The molecule has 1 amide bonds. The Kier molecular flexibility index (Phi) is 3.63. The fourth-order valence-electron chi connectivity index (χ4n) is 1.12. The normalized spacial score (nSPS) is 10.1. The molecular formula is C9H10N6O2S. The number of carbonyl (C=O) groups is 1. The van der Waals surface area contributed by atoms with E-state index in [1.165, 1.54) is 12.1 Å². The summed E-state index contributed by atoms with van der Waals surface area (Å²) in [5, 5.41) is 19.7. The van der Waals surface area contributed by atoms with E-state index in [0.717, 1.165) is 11.3 Å². The Bertz CT molecular complexity index is 587. The molecule has 2 aromatic rings. The van der Waals surface area contributed by atoms with Crippen molar-refractivity contribution < 1.29 is 4.79 Å². The van der Waals surface area contributed by atoms with Crippen LogP contribution in [0, 0.1) is 0 Å². The van der Waals surface area contributed by atoms with Crippen LogP contribution in [0.1, 0.15) is 16.7 Å². The Balaban J connectivity index is 2.06. The van der Waals surface area contributed by atoms with Gasteiger partial charge in [0.05, 0.1) is 0 Å². The molecule has 18 heavy (non-hydrogen) atoms. The zero-order valence-electron chi connectivity index (χ0n) is 9.43. The van der Waals surface area contributed by atoms with Gasteiger partial charge in [-0.05, 0) is 13.0 Å². The summed E-state index contributed by atoms with van der Waals surface area (Å²) in [6.07, 6.45) is 0. The summed E-state index contributed by atoms with van der Waals surface area (Å²) in [6.45, 7) is 2.63. The predicted molar refractivity (Wildman–Crippen MR) is 66.9 cm³/mol. The first-order valence-corrected chi connectivity index (χ1v) is 5.95. The molecule has 0 atom stereocenters. The van der Waals surface area contributed by atoms with Gasteiger partial charge >= 0.3 is 0 Å². The van der Waals surface area contributed by atoms with Crippen molar-refractivity contribution in [3.63, 3.8) is 0 Å². The molecule has 0 aliphatic rings. The van der Waals surface area contributed by atoms with Gasteiger partial charge < -0.3 is 10.6 Å². The molecule has 0 aromatic carbocycles. The first-order chi connectivity index (χ1) is 8.69. The second kappa shape index (κ2) is 5.36. The molecule has 0 aliphatic carbocycles. The Morgan fingerprint density at radius 1 is 1.44 bits per heavy atom. The van der Waals surface area contributed by atoms with Crippen molar-refractivity contribution in [1.29, 1.82) is 0 Å². The van der Waals surface area contributed by atoms with Crippen molar-refractivity contribution in [2.45, 2.75) is 6.92 Å². The Morgan fingerprint density at radius 3 is 2.94 bits per heavy atom. The zero-order valence-corrected chi connectivity index (χ0v) is 10.2. The van der Waals surface area contributed by atoms with Crippen molar-refractivity contribution in [3.05, 3.63) is 27.5 Å². The van der Waals surface area contributed by atoms with E-state index < -0.39 is 5.91 Å². The van der Waals surface area contributed by atoms with E-state index >= 15 is 0 Å². The molecule has 8 nitrogen and oxygen atoms in total. The summed E-state index contributed by atoms with van der Waals surface area (Å²) in [5.74, 6) is -0.170. The molecule has 2 heterocycles. The van der Waals surface area contributed by atoms with Gasteiger partial charge in [-0.25, -0.2) is 5.10 Å². The molecule has 0 unspecified atom stereocenters. The monoisotopic (exact) mass is 266 g/mol. The van der Waals surface area contributed by atoms with Crippen molar-refractivity contribution in [1.82, 2.24) is 20.4 Å². The highest BCUT2D eigenvalue weighted by Crippen LogP contribution is 2.15. The van der Waals surface area contributed by atoms with E-state index in [4.69, 9.17) is 0 Å². The van der Waals surface area contributed by atoms with Crippen LogP contribution in [0.4, 0.5) is 10.9 Å². The number of H-pyrrole nitrogens is 1. The van der Waals surface area contributed by atoms with Gasteiger partial charge in [0.25, 0.3) is 11.5 Å². The minimum absolute atomic E-state index is 0.221. The average Bonchev–Trinajstić information content (AvgIpc) is 2.81. The van der Waals surface area contributed by atoms with Gasteiger partial charge in [0.15, 0.2) is 5.82 Å². The third-order valence-corrected chi connectivity index (χ3v) is 2.75. The lowest BCUT2D eigenvalue weighted by Gasteiger charge is -1.99. The molecule has 0 saturated heterocycles. The molecular weight excluding hydrogens is 256 g/mol. The molecule has 9 heteroatoms. The zero-order chi connectivity index (χ0) is 13.0. The summed E-state index contributed by atoms with van der Waals surface area (Å²) < 4.78 is 0. The number of nitrogens with zero attached hydrogens (tertiary/aromatic N) is 3. The molecule has 2 aromatic heterocycles. The smallest absolute Gasteiger partial charge is 0.287 e. The average molecular weight is 266 g/mol.